The Hall–Kier alpha value is -2.41. The fourth-order valence-corrected chi connectivity index (χ4v) is 3.94. The first-order valence-electron chi connectivity index (χ1n) is 8.82. The molecule has 2 N–H and O–H groups in total. The number of imidazole rings is 1. The number of aromatic nitrogens is 2. The van der Waals surface area contributed by atoms with Crippen molar-refractivity contribution in [3.05, 3.63) is 30.1 Å². The molecular weight excluding hydrogens is 318 g/mol. The van der Waals surface area contributed by atoms with Gasteiger partial charge in [-0.05, 0) is 51.9 Å². The molecule has 25 heavy (non-hydrogen) atoms. The van der Waals surface area contributed by atoms with Crippen molar-refractivity contribution in [2.45, 2.75) is 44.8 Å². The lowest BCUT2D eigenvalue weighted by Crippen LogP contribution is -2.53. The Labute approximate surface area is 146 Å². The Morgan fingerprint density at radius 2 is 1.92 bits per heavy atom. The average molecular weight is 341 g/mol. The van der Waals surface area contributed by atoms with Crippen molar-refractivity contribution in [2.75, 3.05) is 13.1 Å². The third-order valence-corrected chi connectivity index (χ3v) is 5.19. The standard InChI is InChI=1S/C18H23N5O2/c1-12(2)23-14-6-4-3-5-13(14)20-15(23)11-22-16(24)18(21-17(22)25)7-9-19-10-8-18/h3-6,12,19H,7-11H2,1-2H3,(H,21,25). The van der Waals surface area contributed by atoms with Crippen molar-refractivity contribution < 1.29 is 9.59 Å². The Kier molecular flexibility index (Phi) is 3.76. The summed E-state index contributed by atoms with van der Waals surface area (Å²) in [4.78, 5) is 31.5. The smallest absolute Gasteiger partial charge is 0.324 e. The molecule has 2 aromatic rings. The molecule has 3 amide bonds. The minimum atomic E-state index is -0.739. The van der Waals surface area contributed by atoms with E-state index in [1.807, 2.05) is 24.3 Å². The Morgan fingerprint density at radius 1 is 1.20 bits per heavy atom. The van der Waals surface area contributed by atoms with Crippen molar-refractivity contribution in [2.24, 2.45) is 0 Å². The zero-order valence-electron chi connectivity index (χ0n) is 14.6. The zero-order valence-corrected chi connectivity index (χ0v) is 14.6. The highest BCUT2D eigenvalue weighted by atomic mass is 16.2. The van der Waals surface area contributed by atoms with E-state index in [0.29, 0.717) is 12.8 Å². The van der Waals surface area contributed by atoms with E-state index in [1.54, 1.807) is 0 Å². The van der Waals surface area contributed by atoms with Crippen LogP contribution in [0.15, 0.2) is 24.3 Å². The number of benzene rings is 1. The van der Waals surface area contributed by atoms with Gasteiger partial charge in [0.2, 0.25) is 0 Å². The topological polar surface area (TPSA) is 79.3 Å². The molecule has 7 heteroatoms. The molecule has 1 aromatic heterocycles. The number of urea groups is 1. The molecular formula is C18H23N5O2. The lowest BCUT2D eigenvalue weighted by Gasteiger charge is -2.31. The Balaban J connectivity index is 1.68. The van der Waals surface area contributed by atoms with Gasteiger partial charge < -0.3 is 15.2 Å². The number of piperidine rings is 1. The second-order valence-corrected chi connectivity index (χ2v) is 7.13. The van der Waals surface area contributed by atoms with Crippen molar-refractivity contribution in [1.82, 2.24) is 25.1 Å². The maximum atomic E-state index is 13.0. The van der Waals surface area contributed by atoms with Crippen LogP contribution in [0.3, 0.4) is 0 Å². The van der Waals surface area contributed by atoms with Crippen molar-refractivity contribution in [3.8, 4) is 0 Å². The van der Waals surface area contributed by atoms with E-state index in [-0.39, 0.29) is 24.5 Å². The summed E-state index contributed by atoms with van der Waals surface area (Å²) >= 11 is 0. The number of nitrogens with one attached hydrogen (secondary N) is 2. The number of nitrogens with zero attached hydrogens (tertiary/aromatic N) is 3. The molecule has 3 heterocycles. The van der Waals surface area contributed by atoms with E-state index in [9.17, 15) is 9.59 Å². The minimum absolute atomic E-state index is 0.124. The average Bonchev–Trinajstić information content (AvgIpc) is 3.07. The molecule has 0 saturated carbocycles. The van der Waals surface area contributed by atoms with Crippen LogP contribution in [0.4, 0.5) is 4.79 Å². The summed E-state index contributed by atoms with van der Waals surface area (Å²) in [6, 6.07) is 7.78. The summed E-state index contributed by atoms with van der Waals surface area (Å²) in [6.45, 7) is 5.84. The van der Waals surface area contributed by atoms with Crippen LogP contribution in [0.25, 0.3) is 11.0 Å². The van der Waals surface area contributed by atoms with Crippen LogP contribution in [0.1, 0.15) is 38.6 Å². The van der Waals surface area contributed by atoms with Gasteiger partial charge in [-0.3, -0.25) is 9.69 Å². The normalized spacial score (nSPS) is 20.0. The van der Waals surface area contributed by atoms with Gasteiger partial charge in [0.05, 0.1) is 17.6 Å². The van der Waals surface area contributed by atoms with Gasteiger partial charge in [0, 0.05) is 6.04 Å². The largest absolute Gasteiger partial charge is 0.325 e. The molecule has 2 fully saturated rings. The van der Waals surface area contributed by atoms with E-state index in [1.165, 1.54) is 4.90 Å². The molecule has 132 valence electrons. The third-order valence-electron chi connectivity index (χ3n) is 5.19. The summed E-state index contributed by atoms with van der Waals surface area (Å²) in [7, 11) is 0. The number of hydrogen-bond donors (Lipinski definition) is 2. The summed E-state index contributed by atoms with van der Waals surface area (Å²) in [5.41, 5.74) is 1.17. The summed E-state index contributed by atoms with van der Waals surface area (Å²) in [5, 5.41) is 6.17. The molecule has 1 aromatic carbocycles. The molecule has 7 nitrogen and oxygen atoms in total. The van der Waals surface area contributed by atoms with Crippen molar-refractivity contribution >= 4 is 23.0 Å². The number of imide groups is 1. The highest BCUT2D eigenvalue weighted by molar-refractivity contribution is 6.07. The van der Waals surface area contributed by atoms with Gasteiger partial charge >= 0.3 is 6.03 Å². The number of amides is 3. The van der Waals surface area contributed by atoms with Crippen LogP contribution >= 0.6 is 0 Å². The van der Waals surface area contributed by atoms with Crippen molar-refractivity contribution in [1.29, 1.82) is 0 Å². The Bertz CT molecular complexity index is 835. The number of hydrogen-bond acceptors (Lipinski definition) is 4. The van der Waals surface area contributed by atoms with E-state index in [0.717, 1.165) is 29.9 Å². The van der Waals surface area contributed by atoms with Crippen LogP contribution in [-0.4, -0.2) is 45.0 Å². The minimum Gasteiger partial charge on any atom is -0.324 e. The van der Waals surface area contributed by atoms with Gasteiger partial charge in [0.25, 0.3) is 5.91 Å². The monoisotopic (exact) mass is 341 g/mol. The van der Waals surface area contributed by atoms with Gasteiger partial charge in [-0.2, -0.15) is 0 Å². The molecule has 2 saturated heterocycles. The number of carbonyl (C=O) groups excluding carboxylic acids is 2. The van der Waals surface area contributed by atoms with Crippen molar-refractivity contribution in [3.63, 3.8) is 0 Å². The molecule has 2 aliphatic rings. The van der Waals surface area contributed by atoms with Crippen LogP contribution in [0.2, 0.25) is 0 Å². The molecule has 0 unspecified atom stereocenters. The molecule has 0 aliphatic carbocycles. The second-order valence-electron chi connectivity index (χ2n) is 7.13. The van der Waals surface area contributed by atoms with Crippen LogP contribution in [0.5, 0.6) is 0 Å². The first-order valence-corrected chi connectivity index (χ1v) is 8.82. The molecule has 0 radical (unpaired) electrons. The van der Waals surface area contributed by atoms with E-state index in [2.05, 4.69) is 34.0 Å². The fourth-order valence-electron chi connectivity index (χ4n) is 3.94. The third kappa shape index (κ3) is 2.50. The molecule has 4 rings (SSSR count). The maximum Gasteiger partial charge on any atom is 0.325 e. The molecule has 1 spiro atoms. The van der Waals surface area contributed by atoms with Gasteiger partial charge in [0.1, 0.15) is 11.4 Å². The predicted octanol–water partition coefficient (Wildman–Crippen LogP) is 1.79. The maximum absolute atomic E-state index is 13.0. The molecule has 0 bridgehead atoms. The zero-order chi connectivity index (χ0) is 17.6. The fraction of sp³-hybridized carbons (Fsp3) is 0.500. The highest BCUT2D eigenvalue weighted by Gasteiger charge is 2.51. The first-order chi connectivity index (χ1) is 12.0. The van der Waals surface area contributed by atoms with Crippen LogP contribution in [-0.2, 0) is 11.3 Å². The van der Waals surface area contributed by atoms with Gasteiger partial charge in [-0.1, -0.05) is 12.1 Å². The van der Waals surface area contributed by atoms with E-state index in [4.69, 9.17) is 0 Å². The second kappa shape index (κ2) is 5.84. The van der Waals surface area contributed by atoms with Crippen LogP contribution in [0, 0.1) is 0 Å². The quantitative estimate of drug-likeness (QED) is 0.834. The number of rotatable bonds is 3. The molecule has 0 atom stereocenters. The van der Waals surface area contributed by atoms with Gasteiger partial charge in [0.15, 0.2) is 0 Å². The van der Waals surface area contributed by atoms with Gasteiger partial charge in [-0.25, -0.2) is 9.78 Å². The Morgan fingerprint density at radius 3 is 2.64 bits per heavy atom. The first kappa shape index (κ1) is 16.1. The lowest BCUT2D eigenvalue weighted by molar-refractivity contribution is -0.132. The molecule has 2 aliphatic heterocycles. The summed E-state index contributed by atoms with van der Waals surface area (Å²) < 4.78 is 2.10. The number of fused-ring (bicyclic) bond motifs is 1. The highest BCUT2D eigenvalue weighted by Crippen LogP contribution is 2.29. The van der Waals surface area contributed by atoms with E-state index < -0.39 is 5.54 Å². The summed E-state index contributed by atoms with van der Waals surface area (Å²) in [6.07, 6.45) is 1.27. The van der Waals surface area contributed by atoms with E-state index >= 15 is 0 Å². The van der Waals surface area contributed by atoms with Crippen LogP contribution < -0.4 is 10.6 Å². The lowest BCUT2D eigenvalue weighted by atomic mass is 9.88. The number of carbonyl (C=O) groups is 2. The number of para-hydroxylation sites is 2. The summed E-state index contributed by atoms with van der Waals surface area (Å²) in [5.74, 6) is 0.618. The SMILES string of the molecule is CC(C)n1c(CN2C(=O)NC3(CCNCC3)C2=O)nc2ccccc21. The predicted molar refractivity (Wildman–Crippen MR) is 94.0 cm³/mol. The van der Waals surface area contributed by atoms with Gasteiger partial charge in [-0.15, -0.1) is 0 Å².